The van der Waals surface area contributed by atoms with E-state index in [1.807, 2.05) is 87.5 Å². The van der Waals surface area contributed by atoms with Gasteiger partial charge >= 0.3 is 6.03 Å². The summed E-state index contributed by atoms with van der Waals surface area (Å²) in [6.45, 7) is 7.16. The number of benzene rings is 3. The minimum Gasteiger partial charge on any atom is -0.488 e. The maximum atomic E-state index is 12.6. The first-order chi connectivity index (χ1) is 16.5. The molecule has 34 heavy (non-hydrogen) atoms. The Morgan fingerprint density at radius 1 is 0.853 bits per heavy atom. The van der Waals surface area contributed by atoms with Crippen molar-refractivity contribution in [1.82, 2.24) is 10.6 Å². The van der Waals surface area contributed by atoms with Gasteiger partial charge in [0.05, 0.1) is 5.69 Å². The molecule has 7 heteroatoms. The first-order valence-corrected chi connectivity index (χ1v) is 11.4. The van der Waals surface area contributed by atoms with Crippen LogP contribution in [-0.2, 0) is 13.2 Å². The molecule has 0 saturated heterocycles. The first kappa shape index (κ1) is 24.6. The zero-order valence-corrected chi connectivity index (χ0v) is 19.9. The molecule has 3 rings (SSSR count). The summed E-state index contributed by atoms with van der Waals surface area (Å²) in [7, 11) is 0. The average molecular weight is 461 g/mol. The van der Waals surface area contributed by atoms with E-state index >= 15 is 0 Å². The molecule has 0 radical (unpaired) electrons. The molecule has 3 aromatic rings. The van der Waals surface area contributed by atoms with Gasteiger partial charge in [-0.15, -0.1) is 0 Å². The van der Waals surface area contributed by atoms with Crippen LogP contribution < -0.4 is 25.4 Å². The highest BCUT2D eigenvalue weighted by Gasteiger charge is 2.18. The largest absolute Gasteiger partial charge is 0.488 e. The number of guanidine groups is 1. The summed E-state index contributed by atoms with van der Waals surface area (Å²) in [6.07, 6.45) is 0.854. The van der Waals surface area contributed by atoms with Gasteiger partial charge in [-0.05, 0) is 31.4 Å². The zero-order valence-electron chi connectivity index (χ0n) is 19.9. The van der Waals surface area contributed by atoms with Gasteiger partial charge in [0, 0.05) is 23.7 Å². The van der Waals surface area contributed by atoms with Crippen LogP contribution in [0.3, 0.4) is 0 Å². The minimum atomic E-state index is -0.506. The Hall–Kier alpha value is -4.00. The maximum Gasteiger partial charge on any atom is 0.326 e. The second-order valence-electron chi connectivity index (χ2n) is 7.93. The Bertz CT molecular complexity index is 1030. The summed E-state index contributed by atoms with van der Waals surface area (Å²) in [4.78, 5) is 12.6. The van der Waals surface area contributed by atoms with E-state index in [0.717, 1.165) is 28.7 Å². The predicted molar refractivity (Wildman–Crippen MR) is 136 cm³/mol. The van der Waals surface area contributed by atoms with Crippen LogP contribution in [0.1, 0.15) is 35.6 Å². The third-order valence-corrected chi connectivity index (χ3v) is 5.25. The van der Waals surface area contributed by atoms with E-state index in [-0.39, 0.29) is 5.96 Å². The monoisotopic (exact) mass is 460 g/mol. The van der Waals surface area contributed by atoms with Gasteiger partial charge in [-0.2, -0.15) is 0 Å². The van der Waals surface area contributed by atoms with Crippen LogP contribution >= 0.6 is 0 Å². The Balaban J connectivity index is 1.83. The summed E-state index contributed by atoms with van der Waals surface area (Å²) in [5.41, 5.74) is 4.23. The molecule has 2 amide bonds. The Kier molecular flexibility index (Phi) is 8.91. The molecule has 4 N–H and O–H groups in total. The molecular formula is C27H32N4O3. The molecule has 0 heterocycles. The highest BCUT2D eigenvalue weighted by Crippen LogP contribution is 2.37. The van der Waals surface area contributed by atoms with Crippen LogP contribution in [0.4, 0.5) is 10.5 Å². The van der Waals surface area contributed by atoms with Crippen molar-refractivity contribution in [3.05, 3.63) is 89.0 Å². The summed E-state index contributed by atoms with van der Waals surface area (Å²) in [5.74, 6) is 1.19. The lowest BCUT2D eigenvalue weighted by Gasteiger charge is -2.20. The van der Waals surface area contributed by atoms with Gasteiger partial charge in [0.1, 0.15) is 24.7 Å². The number of urea groups is 1. The summed E-state index contributed by atoms with van der Waals surface area (Å²) in [6, 6.07) is 21.1. The zero-order chi connectivity index (χ0) is 24.3. The molecule has 3 aromatic carbocycles. The number of anilines is 1. The third kappa shape index (κ3) is 7.00. The third-order valence-electron chi connectivity index (χ3n) is 5.25. The van der Waals surface area contributed by atoms with Crippen molar-refractivity contribution >= 4 is 17.7 Å². The topological polar surface area (TPSA) is 95.5 Å². The molecule has 0 fully saturated rings. The van der Waals surface area contributed by atoms with Crippen molar-refractivity contribution in [3.63, 3.8) is 0 Å². The first-order valence-electron chi connectivity index (χ1n) is 11.4. The van der Waals surface area contributed by atoms with E-state index < -0.39 is 6.03 Å². The molecule has 0 aliphatic heterocycles. The number of hydrogen-bond acceptors (Lipinski definition) is 4. The molecule has 0 atom stereocenters. The second-order valence-corrected chi connectivity index (χ2v) is 7.93. The van der Waals surface area contributed by atoms with Gasteiger partial charge < -0.3 is 20.1 Å². The molecule has 178 valence electrons. The smallest absolute Gasteiger partial charge is 0.326 e. The molecule has 0 saturated carbocycles. The molecule has 7 nitrogen and oxygen atoms in total. The maximum absolute atomic E-state index is 12.6. The molecule has 0 bridgehead atoms. The molecule has 0 aliphatic rings. The van der Waals surface area contributed by atoms with Crippen LogP contribution in [0.25, 0.3) is 0 Å². The number of hydrogen-bond donors (Lipinski definition) is 4. The van der Waals surface area contributed by atoms with Gasteiger partial charge in [0.15, 0.2) is 5.96 Å². The molecule has 0 spiro atoms. The van der Waals surface area contributed by atoms with Gasteiger partial charge in [0.2, 0.25) is 0 Å². The fourth-order valence-corrected chi connectivity index (χ4v) is 3.37. The quantitative estimate of drug-likeness (QED) is 0.250. The highest BCUT2D eigenvalue weighted by molar-refractivity contribution is 6.02. The second kappa shape index (κ2) is 12.3. The van der Waals surface area contributed by atoms with Crippen LogP contribution in [0.2, 0.25) is 0 Å². The van der Waals surface area contributed by atoms with Crippen molar-refractivity contribution < 1.29 is 14.3 Å². The number of carbonyl (C=O) groups excluding carboxylic acids is 1. The summed E-state index contributed by atoms with van der Waals surface area (Å²) < 4.78 is 12.2. The van der Waals surface area contributed by atoms with E-state index in [1.165, 1.54) is 0 Å². The van der Waals surface area contributed by atoms with Crippen molar-refractivity contribution in [2.75, 3.05) is 11.9 Å². The van der Waals surface area contributed by atoms with Crippen molar-refractivity contribution in [3.8, 4) is 11.5 Å². The van der Waals surface area contributed by atoms with Crippen molar-refractivity contribution in [2.24, 2.45) is 0 Å². The van der Waals surface area contributed by atoms with E-state index in [1.54, 1.807) is 0 Å². The minimum absolute atomic E-state index is 0.0494. The van der Waals surface area contributed by atoms with Crippen molar-refractivity contribution in [1.29, 1.82) is 5.41 Å². The molecule has 0 aliphatic carbocycles. The lowest BCUT2D eigenvalue weighted by molar-refractivity contribution is 0.255. The number of ether oxygens (including phenoxy) is 2. The molecule has 0 aromatic heterocycles. The van der Waals surface area contributed by atoms with Crippen LogP contribution in [0.15, 0.2) is 66.7 Å². The van der Waals surface area contributed by atoms with Crippen LogP contribution in [0.5, 0.6) is 11.5 Å². The number of rotatable bonds is 9. The van der Waals surface area contributed by atoms with Gasteiger partial charge in [-0.1, -0.05) is 67.6 Å². The van der Waals surface area contributed by atoms with Crippen LogP contribution in [0, 0.1) is 19.3 Å². The standard InChI is InChI=1S/C27H32N4O3/c1-4-15-29-26(28)31-27(32)30-25-19(2)23(33-17-21-11-7-5-8-12-21)16-24(20(25)3)34-18-22-13-9-6-10-14-22/h5-14,16H,4,15,17-18H2,1-3H3,(H4,28,29,30,31,32). The lowest BCUT2D eigenvalue weighted by atomic mass is 10.1. The number of nitrogens with one attached hydrogen (secondary N) is 4. The number of amides is 2. The van der Waals surface area contributed by atoms with Gasteiger partial charge in [-0.25, -0.2) is 4.79 Å². The van der Waals surface area contributed by atoms with Gasteiger partial charge in [0.25, 0.3) is 0 Å². The Morgan fingerprint density at radius 2 is 1.35 bits per heavy atom. The lowest BCUT2D eigenvalue weighted by Crippen LogP contribution is -2.42. The predicted octanol–water partition coefficient (Wildman–Crippen LogP) is 5.52. The highest BCUT2D eigenvalue weighted by atomic mass is 16.5. The fourth-order valence-electron chi connectivity index (χ4n) is 3.37. The normalized spacial score (nSPS) is 10.3. The Morgan fingerprint density at radius 3 is 1.82 bits per heavy atom. The van der Waals surface area contributed by atoms with E-state index in [4.69, 9.17) is 14.9 Å². The summed E-state index contributed by atoms with van der Waals surface area (Å²) in [5, 5.41) is 16.1. The number of carbonyl (C=O) groups is 1. The van der Waals surface area contributed by atoms with Crippen molar-refractivity contribution in [2.45, 2.75) is 40.4 Å². The molecular weight excluding hydrogens is 428 g/mol. The van der Waals surface area contributed by atoms with Gasteiger partial charge in [-0.3, -0.25) is 10.7 Å². The van der Waals surface area contributed by atoms with E-state index in [2.05, 4.69) is 16.0 Å². The fraction of sp³-hybridized carbons (Fsp3) is 0.259. The summed E-state index contributed by atoms with van der Waals surface area (Å²) >= 11 is 0. The Labute approximate surface area is 201 Å². The average Bonchev–Trinajstić information content (AvgIpc) is 2.85. The van der Waals surface area contributed by atoms with E-state index in [9.17, 15) is 4.79 Å². The van der Waals surface area contributed by atoms with Crippen LogP contribution in [-0.4, -0.2) is 18.5 Å². The molecule has 0 unspecified atom stereocenters. The SMILES string of the molecule is CCCNC(=N)NC(=O)Nc1c(C)c(OCc2ccccc2)cc(OCc2ccccc2)c1C. The van der Waals surface area contributed by atoms with E-state index in [0.29, 0.717) is 36.9 Å².